The van der Waals surface area contributed by atoms with Crippen LogP contribution in [0.3, 0.4) is 0 Å². The number of benzene rings is 1. The molecule has 3 nitrogen and oxygen atoms in total. The molecule has 0 aromatic heterocycles. The second kappa shape index (κ2) is 7.06. The van der Waals surface area contributed by atoms with Crippen LogP contribution in [0, 0.1) is 11.6 Å². The van der Waals surface area contributed by atoms with Gasteiger partial charge in [0.05, 0.1) is 6.54 Å². The second-order valence-electron chi connectivity index (χ2n) is 4.22. The number of hydrogen-bond acceptors (Lipinski definition) is 2. The first-order chi connectivity index (χ1) is 8.52. The van der Waals surface area contributed by atoms with Gasteiger partial charge in [0.15, 0.2) is 0 Å². The molecular formula is C13H18F2N2O. The molecule has 0 aliphatic rings. The van der Waals surface area contributed by atoms with Crippen LogP contribution in [0.1, 0.15) is 25.8 Å². The van der Waals surface area contributed by atoms with Crippen LogP contribution in [0.5, 0.6) is 0 Å². The van der Waals surface area contributed by atoms with Crippen molar-refractivity contribution in [2.24, 2.45) is 0 Å². The molecule has 0 heterocycles. The highest BCUT2D eigenvalue weighted by Crippen LogP contribution is 2.08. The van der Waals surface area contributed by atoms with E-state index in [2.05, 4.69) is 10.6 Å². The summed E-state index contributed by atoms with van der Waals surface area (Å²) in [5.74, 6) is -1.34. The lowest BCUT2D eigenvalue weighted by atomic mass is 10.2. The molecule has 0 bridgehead atoms. The maximum atomic E-state index is 13.3. The van der Waals surface area contributed by atoms with Crippen LogP contribution in [0.15, 0.2) is 18.2 Å². The van der Waals surface area contributed by atoms with Crippen LogP contribution < -0.4 is 10.6 Å². The van der Waals surface area contributed by atoms with E-state index in [1.165, 1.54) is 12.1 Å². The van der Waals surface area contributed by atoms with Crippen molar-refractivity contribution in [2.45, 2.75) is 32.9 Å². The highest BCUT2D eigenvalue weighted by Gasteiger charge is 2.06. The molecule has 1 aromatic carbocycles. The molecule has 1 aromatic rings. The summed E-state index contributed by atoms with van der Waals surface area (Å²) in [6.07, 6.45) is 0.859. The minimum atomic E-state index is -0.607. The zero-order chi connectivity index (χ0) is 13.5. The SMILES string of the molecule is CCC(C)NC(=O)CNCc1ccc(F)cc1F. The molecule has 1 amide bonds. The van der Waals surface area contributed by atoms with Gasteiger partial charge in [0.25, 0.3) is 0 Å². The molecule has 0 aliphatic carbocycles. The zero-order valence-electron chi connectivity index (χ0n) is 10.6. The van der Waals surface area contributed by atoms with E-state index in [1.807, 2.05) is 13.8 Å². The Morgan fingerprint density at radius 2 is 2.11 bits per heavy atom. The standard InChI is InChI=1S/C13H18F2N2O/c1-3-9(2)17-13(18)8-16-7-10-4-5-11(14)6-12(10)15/h4-6,9,16H,3,7-8H2,1-2H3,(H,17,18). The van der Waals surface area contributed by atoms with Gasteiger partial charge in [0.2, 0.25) is 5.91 Å². The molecule has 1 rings (SSSR count). The maximum Gasteiger partial charge on any atom is 0.234 e. The van der Waals surface area contributed by atoms with E-state index in [0.29, 0.717) is 5.56 Å². The highest BCUT2D eigenvalue weighted by atomic mass is 19.1. The molecule has 5 heteroatoms. The molecule has 18 heavy (non-hydrogen) atoms. The number of carbonyl (C=O) groups is 1. The molecule has 1 atom stereocenters. The Bertz CT molecular complexity index is 410. The van der Waals surface area contributed by atoms with Crippen LogP contribution in [-0.4, -0.2) is 18.5 Å². The lowest BCUT2D eigenvalue weighted by Crippen LogP contribution is -2.38. The Balaban J connectivity index is 2.35. The van der Waals surface area contributed by atoms with Crippen molar-refractivity contribution in [1.29, 1.82) is 0 Å². The molecule has 0 fully saturated rings. The largest absolute Gasteiger partial charge is 0.353 e. The van der Waals surface area contributed by atoms with Crippen molar-refractivity contribution in [3.63, 3.8) is 0 Å². The van der Waals surface area contributed by atoms with Crippen molar-refractivity contribution >= 4 is 5.91 Å². The average molecular weight is 256 g/mol. The van der Waals surface area contributed by atoms with Crippen molar-refractivity contribution in [2.75, 3.05) is 6.54 Å². The van der Waals surface area contributed by atoms with Crippen molar-refractivity contribution in [3.05, 3.63) is 35.4 Å². The van der Waals surface area contributed by atoms with Gasteiger partial charge in [0, 0.05) is 24.2 Å². The predicted molar refractivity (Wildman–Crippen MR) is 66.0 cm³/mol. The van der Waals surface area contributed by atoms with Gasteiger partial charge in [-0.1, -0.05) is 13.0 Å². The topological polar surface area (TPSA) is 41.1 Å². The molecule has 100 valence electrons. The fourth-order valence-corrected chi connectivity index (χ4v) is 1.40. The maximum absolute atomic E-state index is 13.3. The fraction of sp³-hybridized carbons (Fsp3) is 0.462. The van der Waals surface area contributed by atoms with Crippen LogP contribution in [0.4, 0.5) is 8.78 Å². The van der Waals surface area contributed by atoms with Crippen LogP contribution >= 0.6 is 0 Å². The van der Waals surface area contributed by atoms with E-state index in [1.54, 1.807) is 0 Å². The van der Waals surface area contributed by atoms with E-state index < -0.39 is 11.6 Å². The molecular weight excluding hydrogens is 238 g/mol. The Hall–Kier alpha value is -1.49. The zero-order valence-corrected chi connectivity index (χ0v) is 10.6. The van der Waals surface area contributed by atoms with Crippen molar-refractivity contribution in [3.8, 4) is 0 Å². The first-order valence-corrected chi connectivity index (χ1v) is 5.97. The molecule has 0 saturated carbocycles. The number of nitrogens with one attached hydrogen (secondary N) is 2. The molecule has 1 unspecified atom stereocenters. The number of rotatable bonds is 6. The third kappa shape index (κ3) is 4.79. The highest BCUT2D eigenvalue weighted by molar-refractivity contribution is 5.78. The summed E-state index contributed by atoms with van der Waals surface area (Å²) in [4.78, 5) is 11.4. The van der Waals surface area contributed by atoms with E-state index in [9.17, 15) is 13.6 Å². The van der Waals surface area contributed by atoms with Crippen LogP contribution in [0.2, 0.25) is 0 Å². The molecule has 0 spiro atoms. The Morgan fingerprint density at radius 3 is 2.72 bits per heavy atom. The monoisotopic (exact) mass is 256 g/mol. The van der Waals surface area contributed by atoms with Crippen LogP contribution in [0.25, 0.3) is 0 Å². The Morgan fingerprint density at radius 1 is 1.39 bits per heavy atom. The number of hydrogen-bond donors (Lipinski definition) is 2. The minimum Gasteiger partial charge on any atom is -0.353 e. The van der Waals surface area contributed by atoms with E-state index in [0.717, 1.165) is 12.5 Å². The van der Waals surface area contributed by atoms with Crippen molar-refractivity contribution < 1.29 is 13.6 Å². The van der Waals surface area contributed by atoms with Gasteiger partial charge in [-0.15, -0.1) is 0 Å². The summed E-state index contributed by atoms with van der Waals surface area (Å²) >= 11 is 0. The van der Waals surface area contributed by atoms with Crippen molar-refractivity contribution in [1.82, 2.24) is 10.6 Å². The molecule has 2 N–H and O–H groups in total. The first-order valence-electron chi connectivity index (χ1n) is 5.97. The molecule has 0 saturated heterocycles. The quantitative estimate of drug-likeness (QED) is 0.817. The predicted octanol–water partition coefficient (Wildman–Crippen LogP) is 1.97. The summed E-state index contributed by atoms with van der Waals surface area (Å²) in [5, 5.41) is 5.60. The van der Waals surface area contributed by atoms with Gasteiger partial charge in [0.1, 0.15) is 11.6 Å². The second-order valence-corrected chi connectivity index (χ2v) is 4.22. The summed E-state index contributed by atoms with van der Waals surface area (Å²) in [7, 11) is 0. The van der Waals surface area contributed by atoms with E-state index in [-0.39, 0.29) is 25.0 Å². The number of carbonyl (C=O) groups excluding carboxylic acids is 1. The Kier molecular flexibility index (Phi) is 5.71. The normalized spacial score (nSPS) is 12.2. The Labute approximate surface area is 106 Å². The molecule has 0 radical (unpaired) electrons. The lowest BCUT2D eigenvalue weighted by molar-refractivity contribution is -0.120. The average Bonchev–Trinajstić information content (AvgIpc) is 2.31. The summed E-state index contributed by atoms with van der Waals surface area (Å²) in [6, 6.07) is 3.52. The van der Waals surface area contributed by atoms with Gasteiger partial charge < -0.3 is 10.6 Å². The van der Waals surface area contributed by atoms with E-state index in [4.69, 9.17) is 0 Å². The van der Waals surface area contributed by atoms with Gasteiger partial charge in [-0.3, -0.25) is 4.79 Å². The lowest BCUT2D eigenvalue weighted by Gasteiger charge is -2.12. The van der Waals surface area contributed by atoms with E-state index >= 15 is 0 Å². The summed E-state index contributed by atoms with van der Waals surface area (Å²) in [6.45, 7) is 4.20. The first kappa shape index (κ1) is 14.6. The minimum absolute atomic E-state index is 0.112. The number of halogens is 2. The fourth-order valence-electron chi connectivity index (χ4n) is 1.40. The van der Waals surface area contributed by atoms with Gasteiger partial charge >= 0.3 is 0 Å². The van der Waals surface area contributed by atoms with Gasteiger partial charge in [-0.05, 0) is 19.4 Å². The number of amides is 1. The third-order valence-corrected chi connectivity index (χ3v) is 2.64. The smallest absolute Gasteiger partial charge is 0.234 e. The molecule has 0 aliphatic heterocycles. The summed E-state index contributed by atoms with van der Waals surface area (Å²) in [5.41, 5.74) is 0.340. The third-order valence-electron chi connectivity index (χ3n) is 2.64. The summed E-state index contributed by atoms with van der Waals surface area (Å²) < 4.78 is 25.9. The van der Waals surface area contributed by atoms with Gasteiger partial charge in [-0.2, -0.15) is 0 Å². The van der Waals surface area contributed by atoms with Gasteiger partial charge in [-0.25, -0.2) is 8.78 Å². The van der Waals surface area contributed by atoms with Crippen LogP contribution in [-0.2, 0) is 11.3 Å².